The first-order valence-electron chi connectivity index (χ1n) is 13.4. The van der Waals surface area contributed by atoms with Crippen LogP contribution in [0.25, 0.3) is 0 Å². The van der Waals surface area contributed by atoms with Gasteiger partial charge in [-0.15, -0.1) is 0 Å². The molecule has 0 aromatic carbocycles. The number of Topliss-reactive ketones (excluding diaryl/α,β-unsaturated/α-hetero) is 1. The van der Waals surface area contributed by atoms with E-state index in [9.17, 15) is 14.4 Å². The van der Waals surface area contributed by atoms with Crippen molar-refractivity contribution in [2.45, 2.75) is 109 Å². The van der Waals surface area contributed by atoms with Crippen molar-refractivity contribution in [2.75, 3.05) is 7.11 Å². The fraction of sp³-hybridized carbons (Fsp3) is 0.821. The lowest BCUT2D eigenvalue weighted by molar-refractivity contribution is -0.186. The van der Waals surface area contributed by atoms with E-state index >= 15 is 0 Å². The smallest absolute Gasteiger partial charge is 0.306 e. The van der Waals surface area contributed by atoms with Crippen LogP contribution in [0.1, 0.15) is 79.1 Å². The molecule has 5 fully saturated rings. The van der Waals surface area contributed by atoms with Gasteiger partial charge in [-0.25, -0.2) is 0 Å². The number of hydrogen-bond donors (Lipinski definition) is 0. The second kappa shape index (κ2) is 7.48. The SMILES string of the molecule is COC(OC(C)C)C(=O)[C@@H]1CC2=CC(=O)CC[C@]2(C)[C@@]23O[C@@H]2C[C@@]2(C)[C@@H](CC[C@@]24CCC(=O)O4)[C@H]13. The molecule has 0 aromatic rings. The summed E-state index contributed by atoms with van der Waals surface area (Å²) in [6.07, 6.45) is 6.27. The quantitative estimate of drug-likeness (QED) is 0.330. The molecule has 2 spiro atoms. The summed E-state index contributed by atoms with van der Waals surface area (Å²) in [5.41, 5.74) is -0.385. The number of methoxy groups -OCH3 is 1. The van der Waals surface area contributed by atoms with Gasteiger partial charge in [-0.3, -0.25) is 14.4 Å². The zero-order valence-electron chi connectivity index (χ0n) is 21.6. The molecule has 7 heteroatoms. The topological polar surface area (TPSA) is 91.4 Å². The van der Waals surface area contributed by atoms with Gasteiger partial charge in [0.25, 0.3) is 0 Å². The minimum Gasteiger partial charge on any atom is -0.458 e. The van der Waals surface area contributed by atoms with E-state index in [4.69, 9.17) is 18.9 Å². The van der Waals surface area contributed by atoms with Gasteiger partial charge in [0.15, 0.2) is 11.6 Å². The number of carbonyl (C=O) groups excluding carboxylic acids is 3. The van der Waals surface area contributed by atoms with Crippen molar-refractivity contribution in [1.82, 2.24) is 0 Å². The van der Waals surface area contributed by atoms with Gasteiger partial charge < -0.3 is 18.9 Å². The van der Waals surface area contributed by atoms with Gasteiger partial charge in [-0.2, -0.15) is 0 Å². The molecule has 2 aliphatic heterocycles. The number of ether oxygens (including phenoxy) is 4. The molecule has 3 saturated carbocycles. The summed E-state index contributed by atoms with van der Waals surface area (Å²) >= 11 is 0. The molecule has 0 radical (unpaired) electrons. The van der Waals surface area contributed by atoms with Crippen LogP contribution in [0.4, 0.5) is 0 Å². The minimum atomic E-state index is -0.952. The number of rotatable bonds is 5. The highest BCUT2D eigenvalue weighted by atomic mass is 16.7. The lowest BCUT2D eigenvalue weighted by atomic mass is 9.43. The Morgan fingerprint density at radius 1 is 1.14 bits per heavy atom. The second-order valence-electron chi connectivity index (χ2n) is 12.6. The van der Waals surface area contributed by atoms with Gasteiger partial charge in [-0.05, 0) is 64.4 Å². The summed E-state index contributed by atoms with van der Waals surface area (Å²) in [5.74, 6) is -0.240. The molecule has 9 atom stereocenters. The summed E-state index contributed by atoms with van der Waals surface area (Å²) in [4.78, 5) is 38.9. The average molecular weight is 487 g/mol. The van der Waals surface area contributed by atoms with Crippen molar-refractivity contribution in [3.8, 4) is 0 Å². The summed E-state index contributed by atoms with van der Waals surface area (Å²) in [6.45, 7) is 8.31. The molecule has 0 amide bonds. The summed E-state index contributed by atoms with van der Waals surface area (Å²) in [6, 6.07) is 0. The van der Waals surface area contributed by atoms with E-state index in [1.54, 1.807) is 6.08 Å². The lowest BCUT2D eigenvalue weighted by Gasteiger charge is -2.59. The van der Waals surface area contributed by atoms with E-state index in [1.165, 1.54) is 7.11 Å². The average Bonchev–Trinajstić information content (AvgIpc) is 3.29. The second-order valence-corrected chi connectivity index (χ2v) is 12.6. The maximum Gasteiger partial charge on any atom is 0.306 e. The van der Waals surface area contributed by atoms with Crippen LogP contribution >= 0.6 is 0 Å². The van der Waals surface area contributed by atoms with Crippen molar-refractivity contribution in [3.63, 3.8) is 0 Å². The van der Waals surface area contributed by atoms with E-state index < -0.39 is 17.5 Å². The molecule has 1 unspecified atom stereocenters. The molecule has 35 heavy (non-hydrogen) atoms. The number of esters is 1. The molecule has 6 aliphatic rings. The molecular weight excluding hydrogens is 448 g/mol. The van der Waals surface area contributed by atoms with Crippen molar-refractivity contribution in [2.24, 2.45) is 28.6 Å². The van der Waals surface area contributed by atoms with Crippen LogP contribution in [0.2, 0.25) is 0 Å². The Labute approximate surface area is 207 Å². The highest BCUT2D eigenvalue weighted by Crippen LogP contribution is 2.78. The third kappa shape index (κ3) is 2.92. The van der Waals surface area contributed by atoms with Crippen molar-refractivity contribution in [1.29, 1.82) is 0 Å². The fourth-order valence-corrected chi connectivity index (χ4v) is 9.24. The van der Waals surface area contributed by atoms with Crippen LogP contribution in [0.5, 0.6) is 0 Å². The van der Waals surface area contributed by atoms with Crippen molar-refractivity contribution >= 4 is 17.5 Å². The van der Waals surface area contributed by atoms with Crippen molar-refractivity contribution < 1.29 is 33.3 Å². The van der Waals surface area contributed by atoms with Crippen LogP contribution in [-0.2, 0) is 33.3 Å². The van der Waals surface area contributed by atoms with Crippen LogP contribution in [-0.4, -0.2) is 54.3 Å². The normalized spacial score (nSPS) is 48.6. The molecule has 7 nitrogen and oxygen atoms in total. The lowest BCUT2D eigenvalue weighted by Crippen LogP contribution is -2.63. The van der Waals surface area contributed by atoms with Gasteiger partial charge >= 0.3 is 5.97 Å². The molecule has 0 bridgehead atoms. The number of carbonyl (C=O) groups is 3. The zero-order chi connectivity index (χ0) is 25.0. The Kier molecular flexibility index (Phi) is 5.09. The molecule has 2 saturated heterocycles. The number of hydrogen-bond acceptors (Lipinski definition) is 7. The first-order chi connectivity index (χ1) is 16.5. The third-order valence-corrected chi connectivity index (χ3v) is 10.9. The Morgan fingerprint density at radius 2 is 1.91 bits per heavy atom. The monoisotopic (exact) mass is 486 g/mol. The highest BCUT2D eigenvalue weighted by molar-refractivity contribution is 5.93. The van der Waals surface area contributed by atoms with Crippen LogP contribution in [0, 0.1) is 28.6 Å². The Hall–Kier alpha value is -1.57. The highest BCUT2D eigenvalue weighted by Gasteiger charge is 2.83. The first-order valence-corrected chi connectivity index (χ1v) is 13.4. The van der Waals surface area contributed by atoms with Crippen molar-refractivity contribution in [3.05, 3.63) is 11.6 Å². The maximum absolute atomic E-state index is 14.1. The Balaban J connectivity index is 1.46. The summed E-state index contributed by atoms with van der Waals surface area (Å²) < 4.78 is 24.3. The van der Waals surface area contributed by atoms with Gasteiger partial charge in [-0.1, -0.05) is 19.4 Å². The van der Waals surface area contributed by atoms with Gasteiger partial charge in [0.1, 0.15) is 11.2 Å². The van der Waals surface area contributed by atoms with E-state index in [-0.39, 0.29) is 58.3 Å². The molecule has 192 valence electrons. The number of epoxide rings is 1. The van der Waals surface area contributed by atoms with Crippen LogP contribution in [0.15, 0.2) is 11.6 Å². The zero-order valence-corrected chi connectivity index (χ0v) is 21.6. The Bertz CT molecular complexity index is 1020. The molecule has 0 aromatic heterocycles. The van der Waals surface area contributed by atoms with Crippen LogP contribution < -0.4 is 0 Å². The number of ketones is 2. The molecule has 2 heterocycles. The third-order valence-electron chi connectivity index (χ3n) is 10.9. The fourth-order valence-electron chi connectivity index (χ4n) is 9.24. The van der Waals surface area contributed by atoms with E-state index in [0.29, 0.717) is 19.3 Å². The maximum atomic E-state index is 14.1. The predicted octanol–water partition coefficient (Wildman–Crippen LogP) is 3.92. The molecule has 6 rings (SSSR count). The summed E-state index contributed by atoms with van der Waals surface area (Å²) in [5, 5.41) is 0. The van der Waals surface area contributed by atoms with E-state index in [2.05, 4.69) is 13.8 Å². The van der Waals surface area contributed by atoms with Gasteiger partial charge in [0.05, 0.1) is 12.2 Å². The Morgan fingerprint density at radius 3 is 2.57 bits per heavy atom. The first kappa shape index (κ1) is 23.8. The molecule has 4 aliphatic carbocycles. The summed E-state index contributed by atoms with van der Waals surface area (Å²) in [7, 11) is 1.51. The van der Waals surface area contributed by atoms with E-state index in [1.807, 2.05) is 13.8 Å². The van der Waals surface area contributed by atoms with Gasteiger partial charge in [0.2, 0.25) is 6.29 Å². The molecular formula is C28H38O7. The van der Waals surface area contributed by atoms with Crippen LogP contribution in [0.3, 0.4) is 0 Å². The largest absolute Gasteiger partial charge is 0.458 e. The van der Waals surface area contributed by atoms with E-state index in [0.717, 1.165) is 37.7 Å². The van der Waals surface area contributed by atoms with Gasteiger partial charge in [0, 0.05) is 42.6 Å². The number of fused-ring (bicyclic) bond motifs is 4. The molecule has 0 N–H and O–H groups in total. The minimum absolute atomic E-state index is 0.00718. The predicted molar refractivity (Wildman–Crippen MR) is 125 cm³/mol. The standard InChI is InChI=1S/C28H38O7/c1-15(2)33-24(32-5)23(31)18-13-16-12-17(29)6-9-25(16,3)28-20(34-28)14-26(4)19(22(18)28)7-10-27(26)11-8-21(30)35-27/h12,15,18-20,22,24H,6-11,13-14H2,1-5H3/t18-,19+,20-,22+,24?,25+,26+,27-,28-/m1/s1.